The van der Waals surface area contributed by atoms with E-state index in [9.17, 15) is 0 Å². The smallest absolute Gasteiger partial charge is 0.333 e. The van der Waals surface area contributed by atoms with E-state index in [2.05, 4.69) is 236 Å². The van der Waals surface area contributed by atoms with Gasteiger partial charge in [0.2, 0.25) is 0 Å². The molecule has 15 rings (SSSR count). The van der Waals surface area contributed by atoms with Gasteiger partial charge in [0.05, 0.1) is 21.5 Å². The van der Waals surface area contributed by atoms with Crippen LogP contribution in [0, 0.1) is 6.92 Å². The average Bonchev–Trinajstić information content (AvgIpc) is 3.96. The minimum absolute atomic E-state index is 0.125. The Morgan fingerprint density at radius 2 is 1.16 bits per heavy atom. The highest BCUT2D eigenvalue weighted by molar-refractivity contribution is 7.26. The number of benzene rings is 10. The summed E-state index contributed by atoms with van der Waals surface area (Å²) in [7, 11) is 0. The van der Waals surface area contributed by atoms with E-state index in [1.165, 1.54) is 137 Å². The van der Waals surface area contributed by atoms with Gasteiger partial charge in [-0.1, -0.05) is 189 Å². The molecule has 330 valence electrons. The second-order valence-electron chi connectivity index (χ2n) is 19.7. The largest absolute Gasteiger partial charge is 0.376 e. The van der Waals surface area contributed by atoms with Crippen LogP contribution in [-0.4, -0.2) is 6.85 Å². The maximum Gasteiger partial charge on any atom is 0.333 e. The van der Waals surface area contributed by atoms with Crippen LogP contribution in [0.25, 0.3) is 64.7 Å². The Morgan fingerprint density at radius 3 is 1.96 bits per heavy atom. The lowest BCUT2D eigenvalue weighted by atomic mass is 9.42. The van der Waals surface area contributed by atoms with Gasteiger partial charge >= 0.3 is 6.85 Å². The van der Waals surface area contributed by atoms with Crippen molar-refractivity contribution in [1.29, 1.82) is 0 Å². The van der Waals surface area contributed by atoms with Gasteiger partial charge in [-0.05, 0) is 134 Å². The van der Waals surface area contributed by atoms with Gasteiger partial charge in [-0.25, -0.2) is 0 Å². The molecule has 0 atom stereocenters. The van der Waals surface area contributed by atoms with Gasteiger partial charge in [0.1, 0.15) is 0 Å². The van der Waals surface area contributed by atoms with E-state index >= 15 is 0 Å². The van der Waals surface area contributed by atoms with Crippen LogP contribution in [-0.2, 0) is 11.8 Å². The number of fused-ring (bicyclic) bond motifs is 17. The molecule has 3 aliphatic heterocycles. The predicted octanol–water partition coefficient (Wildman–Crippen LogP) is 16.4. The van der Waals surface area contributed by atoms with Crippen molar-refractivity contribution in [2.75, 3.05) is 9.71 Å². The summed E-state index contributed by atoms with van der Waals surface area (Å²) >= 11 is 1.94. The van der Waals surface area contributed by atoms with E-state index in [0.29, 0.717) is 0 Å². The zero-order valence-electron chi connectivity index (χ0n) is 39.2. The van der Waals surface area contributed by atoms with E-state index in [1.807, 2.05) is 11.3 Å². The Kier molecular flexibility index (Phi) is 8.60. The molecule has 4 aliphatic rings. The monoisotopic (exact) mass is 910 g/mol. The van der Waals surface area contributed by atoms with Crippen molar-refractivity contribution >= 4 is 77.7 Å². The SMILES string of the molecule is CCCCc1ccc(N2c3cc(-c4ccccc4C)cc4c3B(c3ccc5c(sc6ccccc65)c32)N2c3ccccc3C3(c5ccccc5-c5ccccc53)c3cccc-4c32)c(-c2ccccc2)c1. The number of anilines is 5. The molecular formula is C66H47BN2S. The Bertz CT molecular complexity index is 3950. The Labute approximate surface area is 413 Å². The highest BCUT2D eigenvalue weighted by Crippen LogP contribution is 2.65. The molecule has 1 spiro atoms. The normalized spacial score (nSPS) is 14.1. The first-order valence-corrected chi connectivity index (χ1v) is 25.8. The lowest BCUT2D eigenvalue weighted by molar-refractivity contribution is 0.756. The zero-order chi connectivity index (χ0) is 46.2. The van der Waals surface area contributed by atoms with Crippen LogP contribution >= 0.6 is 11.3 Å². The molecule has 10 aromatic carbocycles. The number of rotatable bonds is 6. The van der Waals surface area contributed by atoms with Crippen LogP contribution in [0.2, 0.25) is 0 Å². The first-order chi connectivity index (χ1) is 34.6. The van der Waals surface area contributed by atoms with Crippen LogP contribution in [0.1, 0.15) is 53.1 Å². The highest BCUT2D eigenvalue weighted by Gasteiger charge is 2.56. The summed E-state index contributed by atoms with van der Waals surface area (Å²) in [6.45, 7) is 4.43. The summed E-state index contributed by atoms with van der Waals surface area (Å²) in [5.41, 5.74) is 26.7. The molecule has 4 heteroatoms. The van der Waals surface area contributed by atoms with E-state index in [0.717, 1.165) is 19.3 Å². The molecule has 1 aliphatic carbocycles. The molecule has 0 fully saturated rings. The van der Waals surface area contributed by atoms with Crippen LogP contribution in [0.4, 0.5) is 28.4 Å². The highest BCUT2D eigenvalue weighted by atomic mass is 32.1. The molecule has 0 unspecified atom stereocenters. The molecular weight excluding hydrogens is 864 g/mol. The number of hydrogen-bond acceptors (Lipinski definition) is 3. The first kappa shape index (κ1) is 40.0. The maximum absolute atomic E-state index is 2.77. The second kappa shape index (κ2) is 15.0. The van der Waals surface area contributed by atoms with Crippen molar-refractivity contribution in [3.8, 4) is 44.5 Å². The molecule has 11 aromatic rings. The van der Waals surface area contributed by atoms with Gasteiger partial charge in [-0.3, -0.25) is 0 Å². The zero-order valence-corrected chi connectivity index (χ0v) is 40.0. The summed E-state index contributed by atoms with van der Waals surface area (Å²) in [5.74, 6) is 0. The van der Waals surface area contributed by atoms with Gasteiger partial charge in [0.15, 0.2) is 0 Å². The fourth-order valence-corrected chi connectivity index (χ4v) is 14.5. The van der Waals surface area contributed by atoms with Gasteiger partial charge in [-0.2, -0.15) is 0 Å². The number of para-hydroxylation sites is 2. The average molecular weight is 911 g/mol. The van der Waals surface area contributed by atoms with Crippen LogP contribution in [0.5, 0.6) is 0 Å². The van der Waals surface area contributed by atoms with Gasteiger partial charge in [-0.15, -0.1) is 11.3 Å². The molecule has 0 N–H and O–H groups in total. The Balaban J connectivity index is 1.12. The number of nitrogens with zero attached hydrogens (tertiary/aromatic N) is 2. The summed E-state index contributed by atoms with van der Waals surface area (Å²) in [6.07, 6.45) is 3.37. The van der Waals surface area contributed by atoms with Crippen molar-refractivity contribution in [3.63, 3.8) is 0 Å². The van der Waals surface area contributed by atoms with Gasteiger partial charge in [0, 0.05) is 43.7 Å². The molecule has 0 bridgehead atoms. The van der Waals surface area contributed by atoms with Crippen LogP contribution in [0.15, 0.2) is 212 Å². The fourth-order valence-electron chi connectivity index (χ4n) is 13.3. The van der Waals surface area contributed by atoms with Crippen molar-refractivity contribution in [2.24, 2.45) is 0 Å². The van der Waals surface area contributed by atoms with Crippen molar-refractivity contribution in [2.45, 2.75) is 38.5 Å². The summed E-state index contributed by atoms with van der Waals surface area (Å²) in [6, 6.07) is 81.4. The van der Waals surface area contributed by atoms with Crippen molar-refractivity contribution < 1.29 is 0 Å². The summed E-state index contributed by atoms with van der Waals surface area (Å²) in [5, 5.41) is 2.61. The molecule has 70 heavy (non-hydrogen) atoms. The molecule has 2 nitrogen and oxygen atoms in total. The van der Waals surface area contributed by atoms with Crippen LogP contribution in [0.3, 0.4) is 0 Å². The third-order valence-corrected chi connectivity index (χ3v) is 17.3. The van der Waals surface area contributed by atoms with Gasteiger partial charge < -0.3 is 9.71 Å². The van der Waals surface area contributed by atoms with Gasteiger partial charge in [0.25, 0.3) is 0 Å². The predicted molar refractivity (Wildman–Crippen MR) is 298 cm³/mol. The Morgan fingerprint density at radius 1 is 0.471 bits per heavy atom. The quantitative estimate of drug-likeness (QED) is 0.153. The second-order valence-corrected chi connectivity index (χ2v) is 20.8. The molecule has 0 amide bonds. The molecule has 0 saturated heterocycles. The van der Waals surface area contributed by atoms with E-state index in [1.54, 1.807) is 0 Å². The topological polar surface area (TPSA) is 6.48 Å². The van der Waals surface area contributed by atoms with Crippen LogP contribution < -0.4 is 20.6 Å². The standard InChI is InChI=1S/C66H47BN2S/c1-3-4-20-42-34-37-58(51(38-42)43-21-6-5-7-22-43)68-60-40-44(45-23-9-8-19-41(45)2)39-52-49-27-18-31-56-63(49)69(67(62(52)60)57-36-35-50-48-26-12-17-33-61(48)70-65(50)64(57)68)59-32-16-15-30-55(59)66(56)53-28-13-10-24-46(53)47-25-11-14-29-54(47)66/h5-19,21-40H,3-4,20H2,1-2H3. The molecule has 0 radical (unpaired) electrons. The third kappa shape index (κ3) is 5.29. The number of unbranched alkanes of at least 4 members (excludes halogenated alkanes) is 1. The minimum Gasteiger partial charge on any atom is -0.376 e. The first-order valence-electron chi connectivity index (χ1n) is 25.0. The maximum atomic E-state index is 2.77. The lowest BCUT2D eigenvalue weighted by Gasteiger charge is -2.52. The van der Waals surface area contributed by atoms with Crippen molar-refractivity contribution in [1.82, 2.24) is 0 Å². The molecule has 0 saturated carbocycles. The lowest BCUT2D eigenvalue weighted by Crippen LogP contribution is -2.63. The van der Waals surface area contributed by atoms with E-state index in [4.69, 9.17) is 0 Å². The number of hydrogen-bond donors (Lipinski definition) is 0. The fraction of sp³-hybridized carbons (Fsp3) is 0.0909. The van der Waals surface area contributed by atoms with E-state index in [-0.39, 0.29) is 6.85 Å². The Hall–Kier alpha value is -7.92. The molecule has 4 heterocycles. The molecule has 1 aromatic heterocycles. The van der Waals surface area contributed by atoms with E-state index < -0.39 is 5.41 Å². The minimum atomic E-state index is -0.511. The summed E-state index contributed by atoms with van der Waals surface area (Å²) < 4.78 is 2.63. The number of aryl methyl sites for hydroxylation is 2. The summed E-state index contributed by atoms with van der Waals surface area (Å²) in [4.78, 5) is 5.47. The number of thiophene rings is 1. The van der Waals surface area contributed by atoms with Crippen molar-refractivity contribution in [3.05, 3.63) is 246 Å². The third-order valence-electron chi connectivity index (χ3n) is 16.2.